The van der Waals surface area contributed by atoms with Crippen LogP contribution >= 0.6 is 0 Å². The van der Waals surface area contributed by atoms with Crippen molar-refractivity contribution in [2.75, 3.05) is 12.4 Å². The summed E-state index contributed by atoms with van der Waals surface area (Å²) in [5, 5.41) is 2.40. The number of para-hydroxylation sites is 1. The Morgan fingerprint density at radius 1 is 1.06 bits per heavy atom. The number of esters is 1. The number of fused-ring (bicyclic) bond motifs is 1. The molecule has 1 N–H and O–H groups in total. The molecule has 0 fully saturated rings. The van der Waals surface area contributed by atoms with Crippen LogP contribution in [0.2, 0.25) is 0 Å². The van der Waals surface area contributed by atoms with Crippen LogP contribution in [0.4, 0.5) is 33.5 Å². The van der Waals surface area contributed by atoms with Gasteiger partial charge in [-0.25, -0.2) is 28.5 Å². The fourth-order valence-electron chi connectivity index (χ4n) is 2.99. The van der Waals surface area contributed by atoms with E-state index in [1.165, 1.54) is 18.2 Å². The van der Waals surface area contributed by atoms with Crippen molar-refractivity contribution in [3.8, 4) is 5.82 Å². The summed E-state index contributed by atoms with van der Waals surface area (Å²) in [5.41, 5.74) is -0.553. The summed E-state index contributed by atoms with van der Waals surface area (Å²) in [5.74, 6) is -4.11. The van der Waals surface area contributed by atoms with E-state index in [-0.39, 0.29) is 28.2 Å². The van der Waals surface area contributed by atoms with Gasteiger partial charge in [0.15, 0.2) is 5.82 Å². The lowest BCUT2D eigenvalue weighted by molar-refractivity contribution is -0.145. The second-order valence-corrected chi connectivity index (χ2v) is 6.45. The van der Waals surface area contributed by atoms with Gasteiger partial charge in [-0.05, 0) is 30.3 Å². The monoisotopic (exact) mass is 449 g/mol. The average molecular weight is 449 g/mol. The van der Waals surface area contributed by atoms with Crippen LogP contribution in [0.3, 0.4) is 0 Å². The Balaban J connectivity index is 1.77. The summed E-state index contributed by atoms with van der Waals surface area (Å²) >= 11 is 0. The fourth-order valence-corrected chi connectivity index (χ4v) is 2.99. The van der Waals surface area contributed by atoms with Crippen molar-refractivity contribution >= 4 is 28.5 Å². The minimum Gasteiger partial charge on any atom is -0.465 e. The lowest BCUT2D eigenvalue weighted by Gasteiger charge is -2.12. The van der Waals surface area contributed by atoms with Gasteiger partial charge in [-0.15, -0.1) is 0 Å². The van der Waals surface area contributed by atoms with Gasteiger partial charge in [0.2, 0.25) is 5.82 Å². The van der Waals surface area contributed by atoms with Gasteiger partial charge in [-0.2, -0.15) is 13.2 Å². The first kappa shape index (κ1) is 21.2. The lowest BCUT2D eigenvalue weighted by Crippen LogP contribution is -2.15. The molecule has 0 aliphatic carbocycles. The van der Waals surface area contributed by atoms with E-state index in [1.807, 2.05) is 0 Å². The summed E-state index contributed by atoms with van der Waals surface area (Å²) in [7, 11) is 1.14. The molecule has 2 aromatic carbocycles. The van der Waals surface area contributed by atoms with Gasteiger partial charge < -0.3 is 10.1 Å². The maximum Gasteiger partial charge on any atom is 0.450 e. The zero-order chi connectivity index (χ0) is 23.0. The number of carbonyl (C=O) groups excluding carboxylic acids is 1. The summed E-state index contributed by atoms with van der Waals surface area (Å²) < 4.78 is 73.8. The molecule has 0 bridgehead atoms. The largest absolute Gasteiger partial charge is 0.465 e. The third kappa shape index (κ3) is 3.82. The molecular formula is C20H12F5N5O2. The molecule has 7 nitrogen and oxygen atoms in total. The highest BCUT2D eigenvalue weighted by Gasteiger charge is 2.38. The number of ether oxygens (including phenoxy) is 1. The van der Waals surface area contributed by atoms with Gasteiger partial charge >= 0.3 is 12.1 Å². The van der Waals surface area contributed by atoms with E-state index in [2.05, 4.69) is 25.0 Å². The van der Waals surface area contributed by atoms with Crippen molar-refractivity contribution in [3.05, 3.63) is 71.8 Å². The first-order valence-electron chi connectivity index (χ1n) is 8.90. The second-order valence-electron chi connectivity index (χ2n) is 6.45. The van der Waals surface area contributed by atoms with Gasteiger partial charge in [0.25, 0.3) is 0 Å². The van der Waals surface area contributed by atoms with Crippen molar-refractivity contribution in [2.24, 2.45) is 0 Å². The minimum absolute atomic E-state index is 0.0140. The standard InChI is InChI=1S/C20H12F5N5O2/c1-32-18(31)10-5-6-14-13(7-10)28-19(20(23,24)25)30(14)16-9-26-15(8-27-16)29-17-11(21)3-2-4-12(17)22/h2-9H,1H3,(H,26,29). The van der Waals surface area contributed by atoms with Crippen molar-refractivity contribution in [1.29, 1.82) is 0 Å². The van der Waals surface area contributed by atoms with Gasteiger partial charge in [0, 0.05) is 0 Å². The Kier molecular flexibility index (Phi) is 5.20. The van der Waals surface area contributed by atoms with Crippen molar-refractivity contribution in [1.82, 2.24) is 19.5 Å². The van der Waals surface area contributed by atoms with Crippen LogP contribution in [0, 0.1) is 11.6 Å². The number of imidazole rings is 1. The summed E-state index contributed by atoms with van der Waals surface area (Å²) in [6, 6.07) is 6.96. The molecule has 4 aromatic rings. The van der Waals surface area contributed by atoms with E-state index < -0.39 is 35.3 Å². The Hall–Kier alpha value is -4.09. The number of methoxy groups -OCH3 is 1. The highest BCUT2D eigenvalue weighted by Crippen LogP contribution is 2.34. The lowest BCUT2D eigenvalue weighted by atomic mass is 10.2. The molecule has 2 aromatic heterocycles. The second kappa shape index (κ2) is 7.87. The predicted octanol–water partition coefficient (Wildman–Crippen LogP) is 4.64. The Morgan fingerprint density at radius 2 is 1.78 bits per heavy atom. The molecule has 0 radical (unpaired) electrons. The van der Waals surface area contributed by atoms with Crippen LogP contribution in [-0.4, -0.2) is 32.6 Å². The Bertz CT molecular complexity index is 1300. The predicted molar refractivity (Wildman–Crippen MR) is 103 cm³/mol. The van der Waals surface area contributed by atoms with Crippen LogP contribution < -0.4 is 5.32 Å². The van der Waals surface area contributed by atoms with E-state index in [0.29, 0.717) is 0 Å². The van der Waals surface area contributed by atoms with Gasteiger partial charge in [-0.1, -0.05) is 6.07 Å². The number of halogens is 5. The Labute approximate surface area is 176 Å². The number of hydrogen-bond acceptors (Lipinski definition) is 6. The third-order valence-electron chi connectivity index (χ3n) is 4.41. The molecule has 0 aliphatic rings. The van der Waals surface area contributed by atoms with Crippen LogP contribution in [0.1, 0.15) is 16.2 Å². The molecule has 4 rings (SSSR count). The molecule has 0 saturated carbocycles. The van der Waals surface area contributed by atoms with E-state index in [9.17, 15) is 26.7 Å². The topological polar surface area (TPSA) is 81.9 Å². The number of aromatic nitrogens is 4. The molecule has 2 heterocycles. The summed E-state index contributed by atoms with van der Waals surface area (Å²) in [4.78, 5) is 23.1. The number of hydrogen-bond donors (Lipinski definition) is 1. The maximum absolute atomic E-state index is 13.8. The molecule has 164 valence electrons. The number of nitrogens with one attached hydrogen (secondary N) is 1. The van der Waals surface area contributed by atoms with Crippen LogP contribution in [0.25, 0.3) is 16.9 Å². The molecule has 0 atom stereocenters. The molecule has 0 aliphatic heterocycles. The zero-order valence-electron chi connectivity index (χ0n) is 16.1. The number of anilines is 2. The van der Waals surface area contributed by atoms with Crippen LogP contribution in [0.5, 0.6) is 0 Å². The molecule has 0 saturated heterocycles. The smallest absolute Gasteiger partial charge is 0.450 e. The minimum atomic E-state index is -4.85. The quantitative estimate of drug-likeness (QED) is 0.361. The van der Waals surface area contributed by atoms with E-state index >= 15 is 0 Å². The highest BCUT2D eigenvalue weighted by atomic mass is 19.4. The molecule has 32 heavy (non-hydrogen) atoms. The maximum atomic E-state index is 13.8. The van der Waals surface area contributed by atoms with Crippen molar-refractivity contribution < 1.29 is 31.5 Å². The molecule has 0 amide bonds. The molecule has 0 unspecified atom stereocenters. The molecule has 0 spiro atoms. The fraction of sp³-hybridized carbons (Fsp3) is 0.100. The highest BCUT2D eigenvalue weighted by molar-refractivity contribution is 5.94. The van der Waals surface area contributed by atoms with Gasteiger partial charge in [-0.3, -0.25) is 4.57 Å². The average Bonchev–Trinajstić information content (AvgIpc) is 3.15. The number of nitrogens with zero attached hydrogens (tertiary/aromatic N) is 4. The normalized spacial score (nSPS) is 11.6. The third-order valence-corrected chi connectivity index (χ3v) is 4.41. The van der Waals surface area contributed by atoms with Crippen LogP contribution in [-0.2, 0) is 10.9 Å². The van der Waals surface area contributed by atoms with Crippen molar-refractivity contribution in [2.45, 2.75) is 6.18 Å². The number of rotatable bonds is 4. The van der Waals surface area contributed by atoms with E-state index in [0.717, 1.165) is 42.3 Å². The van der Waals surface area contributed by atoms with E-state index in [4.69, 9.17) is 0 Å². The number of alkyl halides is 3. The summed E-state index contributed by atoms with van der Waals surface area (Å²) in [6.45, 7) is 0. The van der Waals surface area contributed by atoms with Crippen molar-refractivity contribution in [3.63, 3.8) is 0 Å². The first-order chi connectivity index (χ1) is 15.2. The zero-order valence-corrected chi connectivity index (χ0v) is 16.1. The van der Waals surface area contributed by atoms with Gasteiger partial charge in [0.1, 0.15) is 23.1 Å². The number of carbonyl (C=O) groups is 1. The van der Waals surface area contributed by atoms with E-state index in [1.54, 1.807) is 0 Å². The SMILES string of the molecule is COC(=O)c1ccc2c(c1)nc(C(F)(F)F)n2-c1cnc(Nc2c(F)cccc2F)cn1. The van der Waals surface area contributed by atoms with Gasteiger partial charge in [0.05, 0.1) is 36.1 Å². The molecular weight excluding hydrogens is 437 g/mol. The Morgan fingerprint density at radius 3 is 2.38 bits per heavy atom. The number of benzene rings is 2. The first-order valence-corrected chi connectivity index (χ1v) is 8.90. The summed E-state index contributed by atoms with van der Waals surface area (Å²) in [6.07, 6.45) is -2.83. The van der Waals surface area contributed by atoms with Crippen LogP contribution in [0.15, 0.2) is 48.8 Å². The molecule has 12 heteroatoms.